The van der Waals surface area contributed by atoms with E-state index in [0.717, 1.165) is 55.0 Å². The molecule has 2 aromatic heterocycles. The lowest BCUT2D eigenvalue weighted by Gasteiger charge is -2.36. The van der Waals surface area contributed by atoms with Crippen LogP contribution in [0.25, 0.3) is 0 Å². The molecule has 0 bridgehead atoms. The van der Waals surface area contributed by atoms with Crippen LogP contribution in [0.3, 0.4) is 0 Å². The molecule has 6 heteroatoms. The Labute approximate surface area is 148 Å². The number of aromatic nitrogens is 2. The fourth-order valence-electron chi connectivity index (χ4n) is 2.92. The summed E-state index contributed by atoms with van der Waals surface area (Å²) in [5.41, 5.74) is 3.31. The molecule has 1 fully saturated rings. The van der Waals surface area contributed by atoms with Gasteiger partial charge >= 0.3 is 0 Å². The Kier molecular flexibility index (Phi) is 5.37. The zero-order valence-electron chi connectivity index (χ0n) is 14.2. The van der Waals surface area contributed by atoms with Crippen molar-refractivity contribution in [2.24, 2.45) is 0 Å². The average molecular weight is 341 g/mol. The molecule has 0 unspecified atom stereocenters. The molecule has 1 aliphatic rings. The topological polar surface area (TPSA) is 44.3 Å². The molecule has 0 aromatic carbocycles. The second-order valence-electron chi connectivity index (χ2n) is 6.19. The van der Waals surface area contributed by atoms with E-state index < -0.39 is 0 Å². The van der Waals surface area contributed by atoms with Crippen LogP contribution in [0, 0.1) is 13.8 Å². The van der Waals surface area contributed by atoms with Gasteiger partial charge in [-0.3, -0.25) is 9.88 Å². The fraction of sp³-hybridized carbons (Fsp3) is 0.389. The quantitative estimate of drug-likeness (QED) is 0.866. The highest BCUT2D eigenvalue weighted by Gasteiger charge is 2.19. The van der Waals surface area contributed by atoms with Gasteiger partial charge in [0.05, 0.1) is 5.69 Å². The minimum atomic E-state index is 0.755. The van der Waals surface area contributed by atoms with Gasteiger partial charge in [-0.15, -0.1) is 0 Å². The van der Waals surface area contributed by atoms with Gasteiger partial charge in [-0.05, 0) is 55.9 Å². The van der Waals surface area contributed by atoms with Crippen LogP contribution in [0.4, 0.5) is 5.82 Å². The monoisotopic (exact) mass is 341 g/mol. The van der Waals surface area contributed by atoms with Crippen LogP contribution in [0.2, 0.25) is 0 Å². The van der Waals surface area contributed by atoms with E-state index in [9.17, 15) is 0 Å². The molecule has 126 valence electrons. The molecule has 5 nitrogen and oxygen atoms in total. The van der Waals surface area contributed by atoms with Crippen LogP contribution in [-0.4, -0.2) is 51.1 Å². The van der Waals surface area contributed by atoms with Gasteiger partial charge in [0.25, 0.3) is 0 Å². The van der Waals surface area contributed by atoms with E-state index in [0.29, 0.717) is 0 Å². The molecule has 0 atom stereocenters. The highest BCUT2D eigenvalue weighted by Crippen LogP contribution is 2.12. The van der Waals surface area contributed by atoms with E-state index in [1.807, 2.05) is 31.3 Å². The molecule has 3 heterocycles. The number of rotatable bonds is 3. The van der Waals surface area contributed by atoms with E-state index in [-0.39, 0.29) is 0 Å². The van der Waals surface area contributed by atoms with E-state index in [4.69, 9.17) is 12.2 Å². The number of nitrogens with zero attached hydrogens (tertiary/aromatic N) is 4. The lowest BCUT2D eigenvalue weighted by atomic mass is 10.2. The zero-order valence-corrected chi connectivity index (χ0v) is 15.0. The van der Waals surface area contributed by atoms with Crippen molar-refractivity contribution in [3.63, 3.8) is 0 Å². The Bertz CT molecular complexity index is 676. The SMILES string of the molecule is Cc1cc(C)nc(NC(=S)N2CCN(Cc3ccccn3)CC2)c1. The normalized spacial score (nSPS) is 15.3. The van der Waals surface area contributed by atoms with E-state index >= 15 is 0 Å². The van der Waals surface area contributed by atoms with Crippen molar-refractivity contribution in [1.29, 1.82) is 0 Å². The molecule has 0 saturated carbocycles. The number of anilines is 1. The van der Waals surface area contributed by atoms with Crippen molar-refractivity contribution in [3.05, 3.63) is 53.5 Å². The highest BCUT2D eigenvalue weighted by atomic mass is 32.1. The van der Waals surface area contributed by atoms with Crippen LogP contribution in [0.5, 0.6) is 0 Å². The number of hydrogen-bond acceptors (Lipinski definition) is 4. The largest absolute Gasteiger partial charge is 0.346 e. The van der Waals surface area contributed by atoms with Crippen molar-refractivity contribution in [2.45, 2.75) is 20.4 Å². The van der Waals surface area contributed by atoms with Gasteiger partial charge < -0.3 is 10.2 Å². The first-order valence-corrected chi connectivity index (χ1v) is 8.64. The summed E-state index contributed by atoms with van der Waals surface area (Å²) in [5, 5.41) is 4.03. The lowest BCUT2D eigenvalue weighted by molar-refractivity contribution is 0.175. The lowest BCUT2D eigenvalue weighted by Crippen LogP contribution is -2.49. The second-order valence-corrected chi connectivity index (χ2v) is 6.57. The van der Waals surface area contributed by atoms with Gasteiger partial charge in [0, 0.05) is 44.6 Å². The molecular weight excluding hydrogens is 318 g/mol. The van der Waals surface area contributed by atoms with Gasteiger partial charge in [-0.2, -0.15) is 0 Å². The molecule has 1 N–H and O–H groups in total. The molecule has 0 spiro atoms. The Morgan fingerprint density at radius 1 is 1.17 bits per heavy atom. The van der Waals surface area contributed by atoms with Gasteiger partial charge in [0.2, 0.25) is 0 Å². The molecule has 0 aliphatic carbocycles. The molecule has 2 aromatic rings. The first-order valence-electron chi connectivity index (χ1n) is 8.23. The molecular formula is C18H23N5S. The summed E-state index contributed by atoms with van der Waals surface area (Å²) >= 11 is 5.55. The number of nitrogens with one attached hydrogen (secondary N) is 1. The summed E-state index contributed by atoms with van der Waals surface area (Å²) in [7, 11) is 0. The Balaban J connectivity index is 1.51. The molecule has 3 rings (SSSR count). The number of thiocarbonyl (C=S) groups is 1. The Morgan fingerprint density at radius 3 is 2.62 bits per heavy atom. The summed E-state index contributed by atoms with van der Waals surface area (Å²) in [4.78, 5) is 13.5. The first kappa shape index (κ1) is 16.8. The van der Waals surface area contributed by atoms with Crippen molar-refractivity contribution < 1.29 is 0 Å². The summed E-state index contributed by atoms with van der Waals surface area (Å²) in [5.74, 6) is 0.827. The van der Waals surface area contributed by atoms with Crippen LogP contribution >= 0.6 is 12.2 Å². The fourth-order valence-corrected chi connectivity index (χ4v) is 3.21. The molecule has 0 amide bonds. The van der Waals surface area contributed by atoms with Crippen LogP contribution in [0.15, 0.2) is 36.5 Å². The van der Waals surface area contributed by atoms with Crippen molar-refractivity contribution in [2.75, 3.05) is 31.5 Å². The summed E-state index contributed by atoms with van der Waals surface area (Å²) in [6, 6.07) is 10.1. The summed E-state index contributed by atoms with van der Waals surface area (Å²) in [6.07, 6.45) is 1.85. The zero-order chi connectivity index (χ0) is 16.9. The van der Waals surface area contributed by atoms with E-state index in [1.165, 1.54) is 5.56 Å². The van der Waals surface area contributed by atoms with Gasteiger partial charge in [0.15, 0.2) is 5.11 Å². The Hall–Kier alpha value is -2.05. The predicted molar refractivity (Wildman–Crippen MR) is 101 cm³/mol. The third-order valence-electron chi connectivity index (χ3n) is 4.10. The number of pyridine rings is 2. The smallest absolute Gasteiger partial charge is 0.174 e. The van der Waals surface area contributed by atoms with E-state index in [1.54, 1.807) is 0 Å². The second kappa shape index (κ2) is 7.68. The minimum absolute atomic E-state index is 0.755. The van der Waals surface area contributed by atoms with Gasteiger partial charge in [-0.1, -0.05) is 6.07 Å². The maximum absolute atomic E-state index is 5.55. The van der Waals surface area contributed by atoms with Crippen molar-refractivity contribution in [3.8, 4) is 0 Å². The van der Waals surface area contributed by atoms with Gasteiger partial charge in [0.1, 0.15) is 5.82 Å². The summed E-state index contributed by atoms with van der Waals surface area (Å²) < 4.78 is 0. The highest BCUT2D eigenvalue weighted by molar-refractivity contribution is 7.80. The van der Waals surface area contributed by atoms with Crippen LogP contribution in [0.1, 0.15) is 17.0 Å². The third kappa shape index (κ3) is 4.49. The van der Waals surface area contributed by atoms with Crippen LogP contribution in [-0.2, 0) is 6.54 Å². The molecule has 24 heavy (non-hydrogen) atoms. The van der Waals surface area contributed by atoms with Crippen molar-refractivity contribution >= 4 is 23.1 Å². The van der Waals surface area contributed by atoms with Crippen molar-refractivity contribution in [1.82, 2.24) is 19.8 Å². The first-order chi connectivity index (χ1) is 11.6. The molecule has 0 radical (unpaired) electrons. The van der Waals surface area contributed by atoms with Crippen LogP contribution < -0.4 is 5.32 Å². The third-order valence-corrected chi connectivity index (χ3v) is 4.46. The molecule has 1 saturated heterocycles. The number of aryl methyl sites for hydroxylation is 2. The van der Waals surface area contributed by atoms with Gasteiger partial charge in [-0.25, -0.2) is 4.98 Å². The summed E-state index contributed by atoms with van der Waals surface area (Å²) in [6.45, 7) is 8.77. The maximum atomic E-state index is 5.55. The average Bonchev–Trinajstić information content (AvgIpc) is 2.55. The Morgan fingerprint density at radius 2 is 1.96 bits per heavy atom. The predicted octanol–water partition coefficient (Wildman–Crippen LogP) is 2.61. The number of piperazine rings is 1. The van der Waals surface area contributed by atoms with E-state index in [2.05, 4.69) is 44.1 Å². The maximum Gasteiger partial charge on any atom is 0.174 e. The molecule has 1 aliphatic heterocycles. The minimum Gasteiger partial charge on any atom is -0.346 e. The standard InChI is InChI=1S/C18H23N5S/c1-14-11-15(2)20-17(12-14)21-18(24)23-9-7-22(8-10-23)13-16-5-3-4-6-19-16/h3-6,11-12H,7-10,13H2,1-2H3,(H,20,21,24). The number of hydrogen-bond donors (Lipinski definition) is 1.